The first kappa shape index (κ1) is 15.5. The van der Waals surface area contributed by atoms with Crippen LogP contribution in [0.15, 0.2) is 60.2 Å². The maximum atomic E-state index is 13.1. The van der Waals surface area contributed by atoms with Gasteiger partial charge in [-0.25, -0.2) is 4.39 Å². The van der Waals surface area contributed by atoms with E-state index in [-0.39, 0.29) is 5.57 Å². The van der Waals surface area contributed by atoms with E-state index in [4.69, 9.17) is 5.26 Å². The average Bonchev–Trinajstić information content (AvgIpc) is 2.53. The van der Waals surface area contributed by atoms with E-state index in [1.54, 1.807) is 6.07 Å². The van der Waals surface area contributed by atoms with Gasteiger partial charge >= 0.3 is 0 Å². The van der Waals surface area contributed by atoms with Crippen molar-refractivity contribution < 1.29 is 9.18 Å². The average molecular weight is 294 g/mol. The molecule has 1 amide bonds. The molecule has 0 fully saturated rings. The molecule has 3 nitrogen and oxygen atoms in total. The van der Waals surface area contributed by atoms with E-state index in [1.165, 1.54) is 24.3 Å². The first-order valence-electron chi connectivity index (χ1n) is 6.88. The van der Waals surface area contributed by atoms with Crippen molar-refractivity contribution in [2.24, 2.45) is 0 Å². The number of benzene rings is 2. The molecule has 0 aliphatic carbocycles. The summed E-state index contributed by atoms with van der Waals surface area (Å²) < 4.78 is 13.1. The molecule has 0 radical (unpaired) electrons. The van der Waals surface area contributed by atoms with Crippen LogP contribution in [-0.2, 0) is 11.2 Å². The summed E-state index contributed by atoms with van der Waals surface area (Å²) in [5.74, 6) is -0.863. The number of halogens is 1. The maximum Gasteiger partial charge on any atom is 0.261 e. The standard InChI is InChI=1S/C18H15FN2O/c19-17-8-4-7-15(12-17)11-16(13-20)18(22)21-10-9-14-5-2-1-3-6-14/h1-8,11-12H,9-10H2,(H,21,22)/b16-11+. The molecule has 0 saturated carbocycles. The molecule has 0 aliphatic heterocycles. The van der Waals surface area contributed by atoms with Gasteiger partial charge in [-0.05, 0) is 35.8 Å². The summed E-state index contributed by atoms with van der Waals surface area (Å²) >= 11 is 0. The van der Waals surface area contributed by atoms with Crippen molar-refractivity contribution in [2.75, 3.05) is 6.54 Å². The lowest BCUT2D eigenvalue weighted by atomic mass is 10.1. The molecular formula is C18H15FN2O. The molecule has 22 heavy (non-hydrogen) atoms. The molecule has 0 heterocycles. The third kappa shape index (κ3) is 4.57. The smallest absolute Gasteiger partial charge is 0.261 e. The van der Waals surface area contributed by atoms with Gasteiger partial charge in [0, 0.05) is 6.54 Å². The normalized spacial score (nSPS) is 10.8. The Bertz CT molecular complexity index is 717. The van der Waals surface area contributed by atoms with Gasteiger partial charge in [0.15, 0.2) is 0 Å². The molecule has 0 aliphatic rings. The SMILES string of the molecule is N#C/C(=C\c1cccc(F)c1)C(=O)NCCc1ccccc1. The molecular weight excluding hydrogens is 279 g/mol. The fourth-order valence-corrected chi connectivity index (χ4v) is 1.97. The third-order valence-corrected chi connectivity index (χ3v) is 3.07. The summed E-state index contributed by atoms with van der Waals surface area (Å²) in [5.41, 5.74) is 1.55. The zero-order valence-electron chi connectivity index (χ0n) is 11.9. The Morgan fingerprint density at radius 2 is 1.95 bits per heavy atom. The number of amides is 1. The molecule has 0 atom stereocenters. The Morgan fingerprint density at radius 1 is 1.18 bits per heavy atom. The van der Waals surface area contributed by atoms with E-state index in [0.717, 1.165) is 5.56 Å². The summed E-state index contributed by atoms with van der Waals surface area (Å²) in [5, 5.41) is 11.8. The number of nitriles is 1. The highest BCUT2D eigenvalue weighted by molar-refractivity contribution is 6.01. The molecule has 0 unspecified atom stereocenters. The minimum Gasteiger partial charge on any atom is -0.351 e. The topological polar surface area (TPSA) is 52.9 Å². The lowest BCUT2D eigenvalue weighted by Crippen LogP contribution is -2.26. The van der Waals surface area contributed by atoms with Crippen molar-refractivity contribution in [3.8, 4) is 6.07 Å². The highest BCUT2D eigenvalue weighted by Crippen LogP contribution is 2.09. The molecule has 4 heteroatoms. The van der Waals surface area contributed by atoms with E-state index < -0.39 is 11.7 Å². The van der Waals surface area contributed by atoms with E-state index in [0.29, 0.717) is 18.5 Å². The van der Waals surface area contributed by atoms with Crippen LogP contribution in [0.4, 0.5) is 4.39 Å². The number of carbonyl (C=O) groups is 1. The molecule has 0 spiro atoms. The number of nitrogens with zero attached hydrogens (tertiary/aromatic N) is 1. The molecule has 1 N–H and O–H groups in total. The monoisotopic (exact) mass is 294 g/mol. The minimum atomic E-state index is -0.456. The number of nitrogens with one attached hydrogen (secondary N) is 1. The van der Waals surface area contributed by atoms with Gasteiger partial charge < -0.3 is 5.32 Å². The summed E-state index contributed by atoms with van der Waals surface area (Å²) in [6.45, 7) is 0.436. The maximum absolute atomic E-state index is 13.1. The Labute approximate surface area is 128 Å². The van der Waals surface area contributed by atoms with E-state index in [9.17, 15) is 9.18 Å². The molecule has 2 aromatic rings. The Balaban J connectivity index is 1.96. The number of rotatable bonds is 5. The fourth-order valence-electron chi connectivity index (χ4n) is 1.97. The highest BCUT2D eigenvalue weighted by atomic mass is 19.1. The van der Waals surface area contributed by atoms with Gasteiger partial charge in [-0.15, -0.1) is 0 Å². The van der Waals surface area contributed by atoms with Crippen molar-refractivity contribution in [2.45, 2.75) is 6.42 Å². The second-order valence-electron chi connectivity index (χ2n) is 4.72. The Morgan fingerprint density at radius 3 is 2.64 bits per heavy atom. The zero-order valence-corrected chi connectivity index (χ0v) is 11.9. The van der Waals surface area contributed by atoms with Gasteiger partial charge in [-0.3, -0.25) is 4.79 Å². The zero-order chi connectivity index (χ0) is 15.8. The molecule has 0 aromatic heterocycles. The van der Waals surface area contributed by atoms with Gasteiger partial charge in [0.2, 0.25) is 0 Å². The van der Waals surface area contributed by atoms with Crippen LogP contribution >= 0.6 is 0 Å². The lowest BCUT2D eigenvalue weighted by Gasteiger charge is -2.04. The van der Waals surface area contributed by atoms with Gasteiger partial charge in [0.05, 0.1) is 0 Å². The van der Waals surface area contributed by atoms with Crippen LogP contribution in [0.3, 0.4) is 0 Å². The van der Waals surface area contributed by atoms with Crippen molar-refractivity contribution in [1.29, 1.82) is 5.26 Å². The minimum absolute atomic E-state index is 0.0429. The van der Waals surface area contributed by atoms with Crippen LogP contribution in [0.5, 0.6) is 0 Å². The van der Waals surface area contributed by atoms with Gasteiger partial charge in [0.25, 0.3) is 5.91 Å². The largest absolute Gasteiger partial charge is 0.351 e. The van der Waals surface area contributed by atoms with Crippen LogP contribution in [-0.4, -0.2) is 12.5 Å². The number of hydrogen-bond donors (Lipinski definition) is 1. The van der Waals surface area contributed by atoms with Crippen LogP contribution in [0, 0.1) is 17.1 Å². The number of hydrogen-bond acceptors (Lipinski definition) is 2. The third-order valence-electron chi connectivity index (χ3n) is 3.07. The van der Waals surface area contributed by atoms with Gasteiger partial charge in [-0.1, -0.05) is 42.5 Å². The van der Waals surface area contributed by atoms with E-state index >= 15 is 0 Å². The van der Waals surface area contributed by atoms with E-state index in [1.807, 2.05) is 36.4 Å². The summed E-state index contributed by atoms with van der Waals surface area (Å²) in [7, 11) is 0. The Kier molecular flexibility index (Phi) is 5.44. The van der Waals surface area contributed by atoms with Crippen LogP contribution in [0.25, 0.3) is 6.08 Å². The second kappa shape index (κ2) is 7.75. The van der Waals surface area contributed by atoms with Crippen LogP contribution in [0.2, 0.25) is 0 Å². The Hall–Kier alpha value is -2.93. The van der Waals surface area contributed by atoms with Crippen LogP contribution in [0.1, 0.15) is 11.1 Å². The second-order valence-corrected chi connectivity index (χ2v) is 4.72. The molecule has 0 bridgehead atoms. The summed E-state index contributed by atoms with van der Waals surface area (Å²) in [6, 6.07) is 17.3. The van der Waals surface area contributed by atoms with Gasteiger partial charge in [0.1, 0.15) is 17.5 Å². The fraction of sp³-hybridized carbons (Fsp3) is 0.111. The van der Waals surface area contributed by atoms with Crippen molar-refractivity contribution in [1.82, 2.24) is 5.32 Å². The highest BCUT2D eigenvalue weighted by Gasteiger charge is 2.08. The van der Waals surface area contributed by atoms with Crippen molar-refractivity contribution in [3.05, 3.63) is 77.1 Å². The molecule has 110 valence electrons. The summed E-state index contributed by atoms with van der Waals surface area (Å²) in [4.78, 5) is 12.0. The molecule has 2 aromatic carbocycles. The lowest BCUT2D eigenvalue weighted by molar-refractivity contribution is -0.117. The molecule has 2 rings (SSSR count). The molecule has 0 saturated heterocycles. The van der Waals surface area contributed by atoms with Crippen molar-refractivity contribution in [3.63, 3.8) is 0 Å². The van der Waals surface area contributed by atoms with Crippen LogP contribution < -0.4 is 5.32 Å². The predicted molar refractivity (Wildman–Crippen MR) is 83.1 cm³/mol. The number of carbonyl (C=O) groups excluding carboxylic acids is 1. The van der Waals surface area contributed by atoms with E-state index in [2.05, 4.69) is 5.32 Å². The van der Waals surface area contributed by atoms with Gasteiger partial charge in [-0.2, -0.15) is 5.26 Å². The quantitative estimate of drug-likeness (QED) is 0.680. The van der Waals surface area contributed by atoms with Crippen molar-refractivity contribution >= 4 is 12.0 Å². The predicted octanol–water partition coefficient (Wildman–Crippen LogP) is 3.09. The summed E-state index contributed by atoms with van der Waals surface area (Å²) in [6.07, 6.45) is 2.06. The first-order valence-corrected chi connectivity index (χ1v) is 6.88. The first-order chi connectivity index (χ1) is 10.7.